The average molecular weight is 335 g/mol. The number of halogens is 1. The Hall–Kier alpha value is -1.79. The first-order valence-corrected chi connectivity index (χ1v) is 8.27. The number of benzene rings is 1. The number of H-pyrrole nitrogens is 1. The quantitative estimate of drug-likeness (QED) is 0.742. The first-order valence-electron chi connectivity index (χ1n) is 6.91. The molecule has 1 aromatic carbocycles. The third-order valence-corrected chi connectivity index (χ3v) is 4.66. The van der Waals surface area contributed by atoms with E-state index in [1.165, 1.54) is 0 Å². The number of fused-ring (bicyclic) bond motifs is 1. The van der Waals surface area contributed by atoms with Crippen molar-refractivity contribution in [3.8, 4) is 0 Å². The Morgan fingerprint density at radius 1 is 1.32 bits per heavy atom. The van der Waals surface area contributed by atoms with Crippen molar-refractivity contribution in [1.82, 2.24) is 19.6 Å². The summed E-state index contributed by atoms with van der Waals surface area (Å²) in [6.45, 7) is 4.08. The maximum atomic E-state index is 11.7. The molecule has 7 heteroatoms. The van der Waals surface area contributed by atoms with Crippen LogP contribution in [0.4, 0.5) is 0 Å². The van der Waals surface area contributed by atoms with Crippen molar-refractivity contribution < 1.29 is 0 Å². The molecule has 0 aliphatic carbocycles. The second-order valence-electron chi connectivity index (χ2n) is 5.23. The van der Waals surface area contributed by atoms with Crippen molar-refractivity contribution >= 4 is 29.1 Å². The lowest BCUT2D eigenvalue weighted by Gasteiger charge is -2.10. The first kappa shape index (κ1) is 15.1. The van der Waals surface area contributed by atoms with Crippen molar-refractivity contribution in [2.75, 3.05) is 0 Å². The zero-order chi connectivity index (χ0) is 15.7. The van der Waals surface area contributed by atoms with Crippen LogP contribution < -0.4 is 5.56 Å². The van der Waals surface area contributed by atoms with Crippen molar-refractivity contribution in [2.45, 2.75) is 30.7 Å². The molecule has 0 atom stereocenters. The third kappa shape index (κ3) is 2.89. The molecule has 114 valence electrons. The van der Waals surface area contributed by atoms with Gasteiger partial charge in [0.05, 0.1) is 0 Å². The molecule has 22 heavy (non-hydrogen) atoms. The Morgan fingerprint density at radius 2 is 2.09 bits per heavy atom. The van der Waals surface area contributed by atoms with Gasteiger partial charge in [0.2, 0.25) is 5.78 Å². The lowest BCUT2D eigenvalue weighted by atomic mass is 10.1. The fourth-order valence-electron chi connectivity index (χ4n) is 2.20. The van der Waals surface area contributed by atoms with Gasteiger partial charge in [0.1, 0.15) is 0 Å². The number of nitrogens with zero attached hydrogens (tertiary/aromatic N) is 3. The number of aromatic nitrogens is 4. The maximum absolute atomic E-state index is 11.7. The minimum atomic E-state index is -0.161. The van der Waals surface area contributed by atoms with E-state index in [4.69, 9.17) is 11.6 Å². The minimum Gasteiger partial charge on any atom is -0.291 e. The Morgan fingerprint density at radius 3 is 2.82 bits per heavy atom. The van der Waals surface area contributed by atoms with Gasteiger partial charge in [-0.2, -0.15) is 0 Å². The minimum absolute atomic E-state index is 0.161. The molecule has 0 radical (unpaired) electrons. The summed E-state index contributed by atoms with van der Waals surface area (Å²) in [6.07, 6.45) is 0. The highest BCUT2D eigenvalue weighted by Gasteiger charge is 2.14. The normalized spacial score (nSPS) is 11.5. The molecule has 0 fully saturated rings. The predicted octanol–water partition coefficient (Wildman–Crippen LogP) is 3.49. The molecule has 3 aromatic rings. The van der Waals surface area contributed by atoms with Crippen molar-refractivity contribution in [1.29, 1.82) is 0 Å². The van der Waals surface area contributed by atoms with Crippen LogP contribution in [0.2, 0.25) is 5.02 Å². The summed E-state index contributed by atoms with van der Waals surface area (Å²) in [5.74, 6) is 1.36. The summed E-state index contributed by atoms with van der Waals surface area (Å²) in [5, 5.41) is 9.73. The van der Waals surface area contributed by atoms with Crippen LogP contribution >= 0.6 is 23.4 Å². The summed E-state index contributed by atoms with van der Waals surface area (Å²) in [7, 11) is 0. The van der Waals surface area contributed by atoms with E-state index in [-0.39, 0.29) is 11.5 Å². The molecular weight excluding hydrogens is 320 g/mol. The van der Waals surface area contributed by atoms with Gasteiger partial charge in [-0.25, -0.2) is 0 Å². The number of hydrogen-bond donors (Lipinski definition) is 1. The Bertz CT molecular complexity index is 871. The molecule has 2 heterocycles. The van der Waals surface area contributed by atoms with Gasteiger partial charge in [-0.1, -0.05) is 55.4 Å². The lowest BCUT2D eigenvalue weighted by Crippen LogP contribution is -2.12. The fraction of sp³-hybridized carbons (Fsp3) is 0.267. The molecule has 0 aliphatic rings. The van der Waals surface area contributed by atoms with Gasteiger partial charge in [0, 0.05) is 22.5 Å². The van der Waals surface area contributed by atoms with Gasteiger partial charge < -0.3 is 0 Å². The van der Waals surface area contributed by atoms with E-state index in [9.17, 15) is 4.79 Å². The highest BCUT2D eigenvalue weighted by atomic mass is 35.5. The number of nitrogens with one attached hydrogen (secondary N) is 1. The molecular formula is C15H15ClN4OS. The van der Waals surface area contributed by atoms with Crippen LogP contribution in [0.5, 0.6) is 0 Å². The highest BCUT2D eigenvalue weighted by molar-refractivity contribution is 7.98. The van der Waals surface area contributed by atoms with Crippen LogP contribution in [0.1, 0.15) is 31.0 Å². The molecule has 0 saturated carbocycles. The van der Waals surface area contributed by atoms with Gasteiger partial charge in [-0.15, -0.1) is 10.2 Å². The Balaban J connectivity index is 1.98. The molecule has 0 bridgehead atoms. The van der Waals surface area contributed by atoms with Crippen LogP contribution in [-0.4, -0.2) is 19.6 Å². The first-order chi connectivity index (χ1) is 10.6. The van der Waals surface area contributed by atoms with E-state index in [0.29, 0.717) is 11.5 Å². The summed E-state index contributed by atoms with van der Waals surface area (Å²) in [6, 6.07) is 9.33. The molecule has 5 nitrogen and oxygen atoms in total. The van der Waals surface area contributed by atoms with Gasteiger partial charge >= 0.3 is 0 Å². The molecule has 3 rings (SSSR count). The van der Waals surface area contributed by atoms with Crippen molar-refractivity contribution in [2.24, 2.45) is 0 Å². The molecule has 0 aliphatic heterocycles. The second-order valence-corrected chi connectivity index (χ2v) is 6.58. The summed E-state index contributed by atoms with van der Waals surface area (Å²) < 4.78 is 1.90. The fourth-order valence-corrected chi connectivity index (χ4v) is 3.44. The van der Waals surface area contributed by atoms with E-state index in [1.807, 2.05) is 42.5 Å². The molecule has 0 spiro atoms. The van der Waals surface area contributed by atoms with Crippen molar-refractivity contribution in [3.05, 3.63) is 57.0 Å². The van der Waals surface area contributed by atoms with Gasteiger partial charge in [0.15, 0.2) is 5.16 Å². The molecule has 1 N–H and O–H groups in total. The standard InChI is InChI=1S/C15H15ClN4OS/c1-9(2)12-7-13(21)17-14-18-19-15(20(12)14)22-8-10-5-3-4-6-11(10)16/h3-7,9H,8H2,1-2H3,(H,17,18,21). The van der Waals surface area contributed by atoms with Crippen LogP contribution in [0.25, 0.3) is 5.78 Å². The van der Waals surface area contributed by atoms with E-state index in [2.05, 4.69) is 15.2 Å². The summed E-state index contributed by atoms with van der Waals surface area (Å²) in [5.41, 5.74) is 1.78. The molecule has 2 aromatic heterocycles. The lowest BCUT2D eigenvalue weighted by molar-refractivity contribution is 0.754. The third-order valence-electron chi connectivity index (χ3n) is 3.31. The Labute approximate surface area is 136 Å². The highest BCUT2D eigenvalue weighted by Crippen LogP contribution is 2.27. The summed E-state index contributed by atoms with van der Waals surface area (Å²) >= 11 is 7.73. The SMILES string of the molecule is CC(C)c1cc(=O)[nH]c2nnc(SCc3ccccc3Cl)n12. The van der Waals surface area contributed by atoms with E-state index in [0.717, 1.165) is 21.4 Å². The van der Waals surface area contributed by atoms with E-state index >= 15 is 0 Å². The maximum Gasteiger partial charge on any atom is 0.252 e. The van der Waals surface area contributed by atoms with Crippen LogP contribution in [-0.2, 0) is 5.75 Å². The molecule has 0 amide bonds. The number of hydrogen-bond acceptors (Lipinski definition) is 4. The van der Waals surface area contributed by atoms with Crippen LogP contribution in [0.3, 0.4) is 0 Å². The Kier molecular flexibility index (Phi) is 4.22. The van der Waals surface area contributed by atoms with Crippen LogP contribution in [0, 0.1) is 0 Å². The van der Waals surface area contributed by atoms with Crippen molar-refractivity contribution in [3.63, 3.8) is 0 Å². The monoisotopic (exact) mass is 334 g/mol. The second kappa shape index (κ2) is 6.14. The predicted molar refractivity (Wildman–Crippen MR) is 88.7 cm³/mol. The topological polar surface area (TPSA) is 63.0 Å². The zero-order valence-corrected chi connectivity index (χ0v) is 13.8. The smallest absolute Gasteiger partial charge is 0.252 e. The largest absolute Gasteiger partial charge is 0.291 e. The molecule has 0 saturated heterocycles. The van der Waals surface area contributed by atoms with Gasteiger partial charge in [-0.05, 0) is 17.5 Å². The van der Waals surface area contributed by atoms with Gasteiger partial charge in [0.25, 0.3) is 5.56 Å². The number of aromatic amines is 1. The zero-order valence-electron chi connectivity index (χ0n) is 12.2. The van der Waals surface area contributed by atoms with E-state index in [1.54, 1.807) is 17.8 Å². The molecule has 0 unspecified atom stereocenters. The average Bonchev–Trinajstić information content (AvgIpc) is 2.88. The van der Waals surface area contributed by atoms with Gasteiger partial charge in [-0.3, -0.25) is 14.2 Å². The number of rotatable bonds is 4. The summed E-state index contributed by atoms with van der Waals surface area (Å²) in [4.78, 5) is 14.4. The van der Waals surface area contributed by atoms with E-state index < -0.39 is 0 Å². The van der Waals surface area contributed by atoms with Crippen LogP contribution in [0.15, 0.2) is 40.3 Å². The number of thioether (sulfide) groups is 1.